The van der Waals surface area contributed by atoms with Crippen LogP contribution >= 0.6 is 15.9 Å². The highest BCUT2D eigenvalue weighted by atomic mass is 79.9. The van der Waals surface area contributed by atoms with Gasteiger partial charge in [0.15, 0.2) is 0 Å². The molecule has 0 aliphatic carbocycles. The molecule has 1 aliphatic heterocycles. The number of amides is 2. The molecule has 1 N–H and O–H groups in total. The SMILES string of the molecule is C=CCC(C(=O)NS(=O)(=O)/C=C/c1ccccc1)C(=O)N1CCc2cc(Br)ccc21. The Kier molecular flexibility index (Phi) is 6.89. The summed E-state index contributed by atoms with van der Waals surface area (Å²) in [6, 6.07) is 14.4. The number of anilines is 1. The lowest BCUT2D eigenvalue weighted by Gasteiger charge is -2.22. The van der Waals surface area contributed by atoms with Crippen LogP contribution < -0.4 is 9.62 Å². The fourth-order valence-corrected chi connectivity index (χ4v) is 4.49. The van der Waals surface area contributed by atoms with E-state index in [0.29, 0.717) is 18.5 Å². The van der Waals surface area contributed by atoms with Crippen molar-refractivity contribution in [2.24, 2.45) is 5.92 Å². The molecule has 0 saturated carbocycles. The molecule has 1 aliphatic rings. The number of allylic oxidation sites excluding steroid dienone is 1. The number of carbonyl (C=O) groups is 2. The predicted octanol–water partition coefficient (Wildman–Crippen LogP) is 3.65. The first-order valence-electron chi connectivity index (χ1n) is 9.31. The first kappa shape index (κ1) is 22.0. The summed E-state index contributed by atoms with van der Waals surface area (Å²) < 4.78 is 27.6. The average molecular weight is 489 g/mol. The summed E-state index contributed by atoms with van der Waals surface area (Å²) in [6.07, 6.45) is 3.52. The fourth-order valence-electron chi connectivity index (χ4n) is 3.25. The molecule has 1 atom stereocenters. The summed E-state index contributed by atoms with van der Waals surface area (Å²) in [7, 11) is -4.06. The van der Waals surface area contributed by atoms with Crippen LogP contribution in [0.15, 0.2) is 71.1 Å². The van der Waals surface area contributed by atoms with Crippen molar-refractivity contribution in [2.75, 3.05) is 11.4 Å². The van der Waals surface area contributed by atoms with Gasteiger partial charge in [-0.15, -0.1) is 6.58 Å². The highest BCUT2D eigenvalue weighted by Crippen LogP contribution is 2.32. The monoisotopic (exact) mass is 488 g/mol. The predicted molar refractivity (Wildman–Crippen MR) is 121 cm³/mol. The van der Waals surface area contributed by atoms with E-state index in [1.807, 2.05) is 29.0 Å². The second-order valence-corrected chi connectivity index (χ2v) is 9.30. The number of fused-ring (bicyclic) bond motifs is 1. The lowest BCUT2D eigenvalue weighted by atomic mass is 10.0. The molecule has 2 aromatic carbocycles. The van der Waals surface area contributed by atoms with Crippen LogP contribution in [-0.4, -0.2) is 26.8 Å². The Balaban J connectivity index is 1.76. The van der Waals surface area contributed by atoms with E-state index >= 15 is 0 Å². The molecule has 0 fully saturated rings. The van der Waals surface area contributed by atoms with E-state index in [-0.39, 0.29) is 6.42 Å². The van der Waals surface area contributed by atoms with Crippen molar-refractivity contribution in [3.63, 3.8) is 0 Å². The molecule has 2 amide bonds. The molecule has 2 aromatic rings. The number of nitrogens with zero attached hydrogens (tertiary/aromatic N) is 1. The largest absolute Gasteiger partial charge is 0.311 e. The molecular weight excluding hydrogens is 468 g/mol. The van der Waals surface area contributed by atoms with E-state index in [9.17, 15) is 18.0 Å². The van der Waals surface area contributed by atoms with Crippen LogP contribution in [0.2, 0.25) is 0 Å². The van der Waals surface area contributed by atoms with Gasteiger partial charge in [-0.1, -0.05) is 52.3 Å². The van der Waals surface area contributed by atoms with Crippen LogP contribution in [0.3, 0.4) is 0 Å². The van der Waals surface area contributed by atoms with E-state index in [2.05, 4.69) is 22.5 Å². The Morgan fingerprint density at radius 2 is 1.93 bits per heavy atom. The maximum atomic E-state index is 13.1. The minimum Gasteiger partial charge on any atom is -0.311 e. The van der Waals surface area contributed by atoms with Crippen LogP contribution in [0.4, 0.5) is 5.69 Å². The van der Waals surface area contributed by atoms with Crippen LogP contribution in [-0.2, 0) is 26.0 Å². The second kappa shape index (κ2) is 9.40. The summed E-state index contributed by atoms with van der Waals surface area (Å²) >= 11 is 3.41. The number of sulfonamides is 1. The zero-order chi connectivity index (χ0) is 21.7. The standard InChI is InChI=1S/C22H21BrN2O4S/c1-2-6-19(22(27)25-13-11-17-15-18(23)9-10-20(17)25)21(26)24-30(28,29)14-12-16-7-4-3-5-8-16/h2-5,7-10,12,14-15,19H,1,6,11,13H2,(H,24,26)/b14-12+. The first-order chi connectivity index (χ1) is 14.3. The normalized spacial score (nSPS) is 14.4. The van der Waals surface area contributed by atoms with Gasteiger partial charge in [-0.25, -0.2) is 13.1 Å². The Bertz CT molecular complexity index is 1100. The third-order valence-electron chi connectivity index (χ3n) is 4.70. The Morgan fingerprint density at radius 1 is 1.20 bits per heavy atom. The number of halogens is 1. The fraction of sp³-hybridized carbons (Fsp3) is 0.182. The zero-order valence-corrected chi connectivity index (χ0v) is 18.5. The molecule has 0 saturated heterocycles. The maximum absolute atomic E-state index is 13.1. The van der Waals surface area contributed by atoms with Crippen LogP contribution in [0.1, 0.15) is 17.5 Å². The van der Waals surface area contributed by atoms with Crippen molar-refractivity contribution in [1.82, 2.24) is 4.72 Å². The van der Waals surface area contributed by atoms with E-state index in [1.54, 1.807) is 24.3 Å². The van der Waals surface area contributed by atoms with E-state index in [1.165, 1.54) is 17.1 Å². The minimum atomic E-state index is -4.06. The average Bonchev–Trinajstić information content (AvgIpc) is 3.13. The number of rotatable bonds is 7. The van der Waals surface area contributed by atoms with Gasteiger partial charge >= 0.3 is 0 Å². The molecule has 6 nitrogen and oxygen atoms in total. The van der Waals surface area contributed by atoms with E-state index in [4.69, 9.17) is 0 Å². The summed E-state index contributed by atoms with van der Waals surface area (Å²) in [5.41, 5.74) is 2.40. The summed E-state index contributed by atoms with van der Waals surface area (Å²) in [4.78, 5) is 27.3. The van der Waals surface area contributed by atoms with Crippen LogP contribution in [0.25, 0.3) is 6.08 Å². The van der Waals surface area contributed by atoms with Gasteiger partial charge in [0.1, 0.15) is 5.92 Å². The smallest absolute Gasteiger partial charge is 0.257 e. The lowest BCUT2D eigenvalue weighted by Crippen LogP contribution is -2.44. The van der Waals surface area contributed by atoms with Crippen molar-refractivity contribution in [1.29, 1.82) is 0 Å². The number of hydrogen-bond acceptors (Lipinski definition) is 4. The molecule has 30 heavy (non-hydrogen) atoms. The molecular formula is C22H21BrN2O4S. The quantitative estimate of drug-likeness (QED) is 0.476. The highest BCUT2D eigenvalue weighted by Gasteiger charge is 2.35. The van der Waals surface area contributed by atoms with Gasteiger partial charge in [0.25, 0.3) is 10.0 Å². The van der Waals surface area contributed by atoms with Crippen LogP contribution in [0, 0.1) is 5.92 Å². The van der Waals surface area contributed by atoms with Crippen molar-refractivity contribution >= 4 is 49.5 Å². The van der Waals surface area contributed by atoms with Gasteiger partial charge in [-0.3, -0.25) is 9.59 Å². The maximum Gasteiger partial charge on any atom is 0.257 e. The van der Waals surface area contributed by atoms with Gasteiger partial charge in [-0.2, -0.15) is 0 Å². The Hall–Kier alpha value is -2.71. The molecule has 8 heteroatoms. The van der Waals surface area contributed by atoms with Crippen LogP contribution in [0.5, 0.6) is 0 Å². The molecule has 1 unspecified atom stereocenters. The van der Waals surface area contributed by atoms with Crippen molar-refractivity contribution < 1.29 is 18.0 Å². The highest BCUT2D eigenvalue weighted by molar-refractivity contribution is 9.10. The summed E-state index contributed by atoms with van der Waals surface area (Å²) in [5.74, 6) is -2.50. The molecule has 0 spiro atoms. The second-order valence-electron chi connectivity index (χ2n) is 6.81. The van der Waals surface area contributed by atoms with Gasteiger partial charge in [0, 0.05) is 16.7 Å². The number of benzene rings is 2. The number of carbonyl (C=O) groups excluding carboxylic acids is 2. The molecule has 0 aromatic heterocycles. The Morgan fingerprint density at radius 3 is 2.63 bits per heavy atom. The summed E-state index contributed by atoms with van der Waals surface area (Å²) in [6.45, 7) is 4.04. The van der Waals surface area contributed by atoms with Gasteiger partial charge < -0.3 is 4.90 Å². The minimum absolute atomic E-state index is 0.0327. The topological polar surface area (TPSA) is 83.5 Å². The summed E-state index contributed by atoms with van der Waals surface area (Å²) in [5, 5.41) is 0.915. The first-order valence-corrected chi connectivity index (χ1v) is 11.6. The molecule has 1 heterocycles. The molecule has 156 valence electrons. The van der Waals surface area contributed by atoms with Gasteiger partial charge in [0.05, 0.1) is 5.41 Å². The third-order valence-corrected chi connectivity index (χ3v) is 6.18. The zero-order valence-electron chi connectivity index (χ0n) is 16.1. The van der Waals surface area contributed by atoms with Gasteiger partial charge in [0.2, 0.25) is 11.8 Å². The number of nitrogens with one attached hydrogen (secondary N) is 1. The van der Waals surface area contributed by atoms with E-state index < -0.39 is 27.8 Å². The number of hydrogen-bond donors (Lipinski definition) is 1. The third kappa shape index (κ3) is 5.25. The van der Waals surface area contributed by atoms with Gasteiger partial charge in [-0.05, 0) is 48.2 Å². The van der Waals surface area contributed by atoms with E-state index in [0.717, 1.165) is 21.1 Å². The molecule has 0 bridgehead atoms. The molecule has 0 radical (unpaired) electrons. The van der Waals surface area contributed by atoms with Crippen molar-refractivity contribution in [3.8, 4) is 0 Å². The van der Waals surface area contributed by atoms with Crippen molar-refractivity contribution in [2.45, 2.75) is 12.8 Å². The van der Waals surface area contributed by atoms with Crippen molar-refractivity contribution in [3.05, 3.63) is 82.2 Å². The Labute approximate surface area is 184 Å². The molecule has 3 rings (SSSR count). The lowest BCUT2D eigenvalue weighted by molar-refractivity contribution is -0.132.